The molecule has 0 aliphatic rings. The lowest BCUT2D eigenvalue weighted by Crippen LogP contribution is -2.15. The zero-order valence-electron chi connectivity index (χ0n) is 9.93. The van der Waals surface area contributed by atoms with E-state index >= 15 is 0 Å². The molecule has 0 amide bonds. The van der Waals surface area contributed by atoms with Crippen molar-refractivity contribution in [1.29, 1.82) is 0 Å². The number of carbonyl (C=O) groups excluding carboxylic acids is 1. The number of methoxy groups -OCH3 is 1. The largest absolute Gasteiger partial charge is 0.464 e. The van der Waals surface area contributed by atoms with E-state index in [2.05, 4.69) is 14.7 Å². The van der Waals surface area contributed by atoms with Crippen LogP contribution in [0.3, 0.4) is 0 Å². The van der Waals surface area contributed by atoms with Gasteiger partial charge >= 0.3 is 5.97 Å². The number of ether oxygens (including phenoxy) is 1. The Hall–Kier alpha value is -1.56. The van der Waals surface area contributed by atoms with Crippen LogP contribution >= 0.6 is 0 Å². The highest BCUT2D eigenvalue weighted by atomic mass is 16.5. The van der Waals surface area contributed by atoms with E-state index in [9.17, 15) is 4.79 Å². The van der Waals surface area contributed by atoms with E-state index in [1.165, 1.54) is 7.11 Å². The molecule has 0 spiro atoms. The molecule has 90 valence electrons. The Labute approximate surface area is 95.0 Å². The van der Waals surface area contributed by atoms with Gasteiger partial charge < -0.3 is 15.4 Å². The Morgan fingerprint density at radius 2 is 2.31 bits per heavy atom. The summed E-state index contributed by atoms with van der Waals surface area (Å²) in [5, 5.41) is 4.08. The van der Waals surface area contributed by atoms with E-state index in [-0.39, 0.29) is 5.69 Å². The molecule has 0 bridgehead atoms. The average molecular weight is 226 g/mol. The lowest BCUT2D eigenvalue weighted by molar-refractivity contribution is 0.0594. The van der Waals surface area contributed by atoms with Crippen molar-refractivity contribution in [3.63, 3.8) is 0 Å². The van der Waals surface area contributed by atoms with Gasteiger partial charge in [0, 0.05) is 12.7 Å². The number of nitrogen functional groups attached to an aromatic ring is 1. The van der Waals surface area contributed by atoms with Gasteiger partial charge in [0.15, 0.2) is 5.69 Å². The summed E-state index contributed by atoms with van der Waals surface area (Å²) in [6.07, 6.45) is 2.61. The van der Waals surface area contributed by atoms with Crippen molar-refractivity contribution in [2.75, 3.05) is 33.5 Å². The molecule has 0 aromatic carbocycles. The van der Waals surface area contributed by atoms with Crippen molar-refractivity contribution in [2.24, 2.45) is 0 Å². The first-order valence-corrected chi connectivity index (χ1v) is 5.10. The highest BCUT2D eigenvalue weighted by molar-refractivity contribution is 5.92. The Kier molecular flexibility index (Phi) is 4.30. The molecule has 0 saturated heterocycles. The van der Waals surface area contributed by atoms with Crippen molar-refractivity contribution in [3.8, 4) is 0 Å². The summed E-state index contributed by atoms with van der Waals surface area (Å²) in [6, 6.07) is 0. The monoisotopic (exact) mass is 226 g/mol. The number of rotatable bonds is 5. The minimum Gasteiger partial charge on any atom is -0.464 e. The van der Waals surface area contributed by atoms with Gasteiger partial charge in [-0.3, -0.25) is 4.68 Å². The van der Waals surface area contributed by atoms with Gasteiger partial charge in [0.1, 0.15) is 0 Å². The molecule has 0 fully saturated rings. The summed E-state index contributed by atoms with van der Waals surface area (Å²) in [5.41, 5.74) is 6.20. The number of hydrogen-bond acceptors (Lipinski definition) is 5. The number of esters is 1. The number of hydrogen-bond donors (Lipinski definition) is 1. The van der Waals surface area contributed by atoms with E-state index in [1.54, 1.807) is 10.9 Å². The summed E-state index contributed by atoms with van der Waals surface area (Å²) in [7, 11) is 5.33. The third-order valence-corrected chi connectivity index (χ3v) is 2.16. The van der Waals surface area contributed by atoms with Crippen LogP contribution in [0.5, 0.6) is 0 Å². The normalized spacial score (nSPS) is 10.8. The average Bonchev–Trinajstić information content (AvgIpc) is 2.58. The number of carbonyl (C=O) groups is 1. The fourth-order valence-electron chi connectivity index (χ4n) is 1.36. The number of aryl methyl sites for hydroxylation is 1. The minimum atomic E-state index is -0.496. The highest BCUT2D eigenvalue weighted by Crippen LogP contribution is 2.10. The second kappa shape index (κ2) is 5.50. The van der Waals surface area contributed by atoms with Crippen LogP contribution in [0.4, 0.5) is 5.69 Å². The Morgan fingerprint density at radius 1 is 1.62 bits per heavy atom. The molecule has 6 nitrogen and oxygen atoms in total. The molecule has 1 aromatic rings. The maximum atomic E-state index is 11.2. The number of nitrogens with two attached hydrogens (primary N) is 1. The molecule has 2 N–H and O–H groups in total. The van der Waals surface area contributed by atoms with Crippen molar-refractivity contribution >= 4 is 11.7 Å². The standard InChI is InChI=1S/C10H18N4O2/c1-13(2)5-4-6-14-7-8(11)9(12-14)10(15)16-3/h7H,4-6,11H2,1-3H3. The zero-order valence-corrected chi connectivity index (χ0v) is 9.93. The van der Waals surface area contributed by atoms with Gasteiger partial charge in [0.2, 0.25) is 0 Å². The van der Waals surface area contributed by atoms with Crippen LogP contribution in [0.25, 0.3) is 0 Å². The smallest absolute Gasteiger partial charge is 0.360 e. The van der Waals surface area contributed by atoms with Crippen LogP contribution in [-0.2, 0) is 11.3 Å². The van der Waals surface area contributed by atoms with Gasteiger partial charge in [-0.15, -0.1) is 0 Å². The SMILES string of the molecule is COC(=O)c1nn(CCCN(C)C)cc1N. The van der Waals surface area contributed by atoms with E-state index in [0.29, 0.717) is 5.69 Å². The quantitative estimate of drug-likeness (QED) is 0.726. The van der Waals surface area contributed by atoms with E-state index in [4.69, 9.17) is 5.73 Å². The topological polar surface area (TPSA) is 73.4 Å². The fourth-order valence-corrected chi connectivity index (χ4v) is 1.36. The first kappa shape index (κ1) is 12.5. The number of anilines is 1. The molecule has 0 unspecified atom stereocenters. The van der Waals surface area contributed by atoms with Crippen molar-refractivity contribution in [2.45, 2.75) is 13.0 Å². The summed E-state index contributed by atoms with van der Waals surface area (Å²) in [4.78, 5) is 13.3. The minimum absolute atomic E-state index is 0.187. The summed E-state index contributed by atoms with van der Waals surface area (Å²) in [6.45, 7) is 1.70. The first-order valence-electron chi connectivity index (χ1n) is 5.10. The summed E-state index contributed by atoms with van der Waals surface area (Å²) < 4.78 is 6.24. The van der Waals surface area contributed by atoms with Gasteiger partial charge in [0.05, 0.1) is 12.8 Å². The van der Waals surface area contributed by atoms with Gasteiger partial charge in [-0.1, -0.05) is 0 Å². The first-order chi connectivity index (χ1) is 7.54. The molecule has 0 aliphatic carbocycles. The Bertz CT molecular complexity index is 360. The predicted molar refractivity (Wildman–Crippen MR) is 61.1 cm³/mol. The lowest BCUT2D eigenvalue weighted by Gasteiger charge is -2.08. The van der Waals surface area contributed by atoms with Gasteiger partial charge in [0.25, 0.3) is 0 Å². The van der Waals surface area contributed by atoms with E-state index in [0.717, 1.165) is 19.5 Å². The molecule has 1 aromatic heterocycles. The second-order valence-electron chi connectivity index (χ2n) is 3.84. The number of aromatic nitrogens is 2. The third kappa shape index (κ3) is 3.23. The van der Waals surface area contributed by atoms with Crippen molar-refractivity contribution < 1.29 is 9.53 Å². The Balaban J connectivity index is 2.59. The number of nitrogens with zero attached hydrogens (tertiary/aromatic N) is 3. The molecule has 6 heteroatoms. The van der Waals surface area contributed by atoms with Gasteiger partial charge in [-0.25, -0.2) is 4.79 Å². The molecule has 0 saturated carbocycles. The maximum Gasteiger partial charge on any atom is 0.360 e. The van der Waals surface area contributed by atoms with Crippen LogP contribution in [0.1, 0.15) is 16.9 Å². The summed E-state index contributed by atoms with van der Waals surface area (Å²) >= 11 is 0. The second-order valence-corrected chi connectivity index (χ2v) is 3.84. The lowest BCUT2D eigenvalue weighted by atomic mass is 10.4. The van der Waals surface area contributed by atoms with Crippen molar-refractivity contribution in [3.05, 3.63) is 11.9 Å². The molecule has 1 heterocycles. The van der Waals surface area contributed by atoms with Crippen LogP contribution in [0, 0.1) is 0 Å². The molecule has 0 aliphatic heterocycles. The fraction of sp³-hybridized carbons (Fsp3) is 0.600. The molecule has 0 atom stereocenters. The van der Waals surface area contributed by atoms with E-state index < -0.39 is 5.97 Å². The van der Waals surface area contributed by atoms with Gasteiger partial charge in [-0.05, 0) is 27.1 Å². The maximum absolute atomic E-state index is 11.2. The van der Waals surface area contributed by atoms with Crippen LogP contribution in [-0.4, -0.2) is 48.4 Å². The van der Waals surface area contributed by atoms with E-state index in [1.807, 2.05) is 14.1 Å². The highest BCUT2D eigenvalue weighted by Gasteiger charge is 2.14. The molecule has 16 heavy (non-hydrogen) atoms. The molecular formula is C10H18N4O2. The van der Waals surface area contributed by atoms with Crippen LogP contribution in [0.15, 0.2) is 6.20 Å². The zero-order chi connectivity index (χ0) is 12.1. The Morgan fingerprint density at radius 3 is 2.88 bits per heavy atom. The summed E-state index contributed by atoms with van der Waals surface area (Å²) in [5.74, 6) is -0.496. The van der Waals surface area contributed by atoms with Crippen LogP contribution < -0.4 is 5.73 Å². The molecule has 0 radical (unpaired) electrons. The third-order valence-electron chi connectivity index (χ3n) is 2.16. The van der Waals surface area contributed by atoms with Crippen LogP contribution in [0.2, 0.25) is 0 Å². The van der Waals surface area contributed by atoms with Crippen molar-refractivity contribution in [1.82, 2.24) is 14.7 Å². The molecule has 1 rings (SSSR count). The van der Waals surface area contributed by atoms with Gasteiger partial charge in [-0.2, -0.15) is 5.10 Å². The molecular weight excluding hydrogens is 208 g/mol. The predicted octanol–water partition coefficient (Wildman–Crippen LogP) is 0.204.